The molecule has 2 aromatic rings. The maximum Gasteiger partial charge on any atom is 0.225 e. The topological polar surface area (TPSA) is 73.9 Å². The van der Waals surface area contributed by atoms with Gasteiger partial charge in [-0.1, -0.05) is 13.3 Å². The number of piperidine rings is 1. The minimum absolute atomic E-state index is 0.0343. The summed E-state index contributed by atoms with van der Waals surface area (Å²) in [5, 5.41) is 4.17. The van der Waals surface area contributed by atoms with Crippen LogP contribution in [0.4, 0.5) is 5.82 Å². The van der Waals surface area contributed by atoms with Gasteiger partial charge in [-0.2, -0.15) is 0 Å². The van der Waals surface area contributed by atoms with E-state index in [1.165, 1.54) is 0 Å². The fourth-order valence-electron chi connectivity index (χ4n) is 3.36. The van der Waals surface area contributed by atoms with E-state index >= 15 is 0 Å². The number of nitrogens with one attached hydrogen (secondary N) is 2. The van der Waals surface area contributed by atoms with E-state index in [9.17, 15) is 4.79 Å². The average molecular weight is 315 g/mol. The van der Waals surface area contributed by atoms with Crippen LogP contribution >= 0.6 is 0 Å². The average Bonchev–Trinajstić information content (AvgIpc) is 3.03. The lowest BCUT2D eigenvalue weighted by Crippen LogP contribution is -2.45. The highest BCUT2D eigenvalue weighted by molar-refractivity contribution is 5.88. The van der Waals surface area contributed by atoms with Gasteiger partial charge in [0, 0.05) is 25.3 Å². The van der Waals surface area contributed by atoms with Crippen molar-refractivity contribution < 1.29 is 4.79 Å². The van der Waals surface area contributed by atoms with Gasteiger partial charge in [0.1, 0.15) is 17.8 Å². The first kappa shape index (κ1) is 15.8. The molecule has 2 atom stereocenters. The van der Waals surface area contributed by atoms with Crippen LogP contribution in [0.2, 0.25) is 0 Å². The molecule has 0 spiro atoms. The van der Waals surface area contributed by atoms with Gasteiger partial charge < -0.3 is 15.2 Å². The Labute approximate surface area is 136 Å². The standard InChI is InChI=1S/C17H25N5O/c1-3-5-12(2)21-17(23)13-6-4-9-22(10-13)16-14-7-8-18-15(14)19-11-20-16/h7-8,11-13H,3-6,9-10H2,1-2H3,(H,21,23)(H,18,19,20). The quantitative estimate of drug-likeness (QED) is 0.889. The zero-order chi connectivity index (χ0) is 16.2. The molecule has 0 saturated carbocycles. The number of nitrogens with zero attached hydrogens (tertiary/aromatic N) is 3. The lowest BCUT2D eigenvalue weighted by molar-refractivity contribution is -0.125. The largest absolute Gasteiger partial charge is 0.355 e. The number of aromatic amines is 1. The summed E-state index contributed by atoms with van der Waals surface area (Å²) in [4.78, 5) is 26.5. The highest BCUT2D eigenvalue weighted by Crippen LogP contribution is 2.27. The first-order valence-electron chi connectivity index (χ1n) is 8.52. The van der Waals surface area contributed by atoms with Crippen molar-refractivity contribution in [2.45, 2.75) is 45.6 Å². The second-order valence-corrected chi connectivity index (χ2v) is 6.42. The molecule has 0 aromatic carbocycles. The first-order chi connectivity index (χ1) is 11.2. The van der Waals surface area contributed by atoms with Gasteiger partial charge >= 0.3 is 0 Å². The molecule has 0 aliphatic carbocycles. The van der Waals surface area contributed by atoms with Crippen LogP contribution in [0.1, 0.15) is 39.5 Å². The Hall–Kier alpha value is -2.11. The van der Waals surface area contributed by atoms with Crippen molar-refractivity contribution in [2.24, 2.45) is 5.92 Å². The fourth-order valence-corrected chi connectivity index (χ4v) is 3.36. The maximum atomic E-state index is 12.5. The van der Waals surface area contributed by atoms with Gasteiger partial charge in [0.2, 0.25) is 5.91 Å². The molecule has 6 heteroatoms. The molecular weight excluding hydrogens is 290 g/mol. The zero-order valence-corrected chi connectivity index (χ0v) is 13.9. The number of fused-ring (bicyclic) bond motifs is 1. The Morgan fingerprint density at radius 1 is 1.52 bits per heavy atom. The Balaban J connectivity index is 1.71. The zero-order valence-electron chi connectivity index (χ0n) is 13.9. The van der Waals surface area contributed by atoms with E-state index in [2.05, 4.69) is 39.0 Å². The Bertz CT molecular complexity index is 668. The summed E-state index contributed by atoms with van der Waals surface area (Å²) in [5.74, 6) is 1.14. The van der Waals surface area contributed by atoms with Crippen LogP contribution in [0.5, 0.6) is 0 Å². The third-order valence-electron chi connectivity index (χ3n) is 4.53. The second kappa shape index (κ2) is 6.98. The summed E-state index contributed by atoms with van der Waals surface area (Å²) < 4.78 is 0. The van der Waals surface area contributed by atoms with E-state index < -0.39 is 0 Å². The van der Waals surface area contributed by atoms with Gasteiger partial charge in [0.25, 0.3) is 0 Å². The number of H-pyrrole nitrogens is 1. The van der Waals surface area contributed by atoms with Crippen molar-refractivity contribution in [3.05, 3.63) is 18.6 Å². The highest BCUT2D eigenvalue weighted by Gasteiger charge is 2.28. The predicted molar refractivity (Wildman–Crippen MR) is 91.3 cm³/mol. The van der Waals surface area contributed by atoms with Crippen molar-refractivity contribution in [1.29, 1.82) is 0 Å². The van der Waals surface area contributed by atoms with Crippen molar-refractivity contribution >= 4 is 22.8 Å². The molecule has 1 aliphatic rings. The monoisotopic (exact) mass is 315 g/mol. The van der Waals surface area contributed by atoms with Gasteiger partial charge in [0.15, 0.2) is 0 Å². The Morgan fingerprint density at radius 3 is 3.22 bits per heavy atom. The summed E-state index contributed by atoms with van der Waals surface area (Å²) >= 11 is 0. The molecule has 23 heavy (non-hydrogen) atoms. The van der Waals surface area contributed by atoms with E-state index in [1.807, 2.05) is 12.3 Å². The normalized spacial score (nSPS) is 19.7. The molecule has 0 radical (unpaired) electrons. The van der Waals surface area contributed by atoms with Gasteiger partial charge in [-0.05, 0) is 32.3 Å². The smallest absolute Gasteiger partial charge is 0.225 e. The lowest BCUT2D eigenvalue weighted by Gasteiger charge is -2.33. The number of anilines is 1. The molecule has 1 aliphatic heterocycles. The Morgan fingerprint density at radius 2 is 2.39 bits per heavy atom. The number of rotatable bonds is 5. The molecule has 3 rings (SSSR count). The molecule has 0 bridgehead atoms. The Kier molecular flexibility index (Phi) is 4.79. The number of carbonyl (C=O) groups is 1. The summed E-state index contributed by atoms with van der Waals surface area (Å²) in [6, 6.07) is 2.25. The van der Waals surface area contributed by atoms with Crippen LogP contribution in [-0.4, -0.2) is 40.0 Å². The molecule has 1 fully saturated rings. The highest BCUT2D eigenvalue weighted by atomic mass is 16.2. The van der Waals surface area contributed by atoms with Crippen molar-refractivity contribution in [2.75, 3.05) is 18.0 Å². The number of amides is 1. The second-order valence-electron chi connectivity index (χ2n) is 6.42. The molecule has 2 unspecified atom stereocenters. The third-order valence-corrected chi connectivity index (χ3v) is 4.53. The molecule has 6 nitrogen and oxygen atoms in total. The van der Waals surface area contributed by atoms with E-state index in [-0.39, 0.29) is 17.9 Å². The van der Waals surface area contributed by atoms with Crippen molar-refractivity contribution in [3.63, 3.8) is 0 Å². The van der Waals surface area contributed by atoms with E-state index in [0.29, 0.717) is 0 Å². The summed E-state index contributed by atoms with van der Waals surface area (Å²) in [5.41, 5.74) is 0.846. The van der Waals surface area contributed by atoms with E-state index in [0.717, 1.165) is 55.6 Å². The van der Waals surface area contributed by atoms with E-state index in [1.54, 1.807) is 6.33 Å². The van der Waals surface area contributed by atoms with Crippen molar-refractivity contribution in [1.82, 2.24) is 20.3 Å². The molecule has 124 valence electrons. The molecule has 2 N–H and O–H groups in total. The van der Waals surface area contributed by atoms with Gasteiger partial charge in [0.05, 0.1) is 11.3 Å². The van der Waals surface area contributed by atoms with Crippen LogP contribution in [-0.2, 0) is 4.79 Å². The van der Waals surface area contributed by atoms with Gasteiger partial charge in [-0.15, -0.1) is 0 Å². The molecular formula is C17H25N5O. The van der Waals surface area contributed by atoms with Crippen LogP contribution in [0.3, 0.4) is 0 Å². The van der Waals surface area contributed by atoms with Crippen LogP contribution in [0, 0.1) is 5.92 Å². The van der Waals surface area contributed by atoms with Gasteiger partial charge in [-0.25, -0.2) is 9.97 Å². The third kappa shape index (κ3) is 3.46. The van der Waals surface area contributed by atoms with Crippen LogP contribution in [0.15, 0.2) is 18.6 Å². The van der Waals surface area contributed by atoms with Crippen LogP contribution < -0.4 is 10.2 Å². The lowest BCUT2D eigenvalue weighted by atomic mass is 9.96. The summed E-state index contributed by atoms with van der Waals surface area (Å²) in [6.07, 6.45) is 7.53. The minimum atomic E-state index is 0.0343. The molecule has 3 heterocycles. The predicted octanol–water partition coefficient (Wildman–Crippen LogP) is 2.48. The maximum absolute atomic E-state index is 12.5. The SMILES string of the molecule is CCCC(C)NC(=O)C1CCCN(c2ncnc3[nH]ccc23)C1. The number of aromatic nitrogens is 3. The van der Waals surface area contributed by atoms with Crippen molar-refractivity contribution in [3.8, 4) is 0 Å². The first-order valence-corrected chi connectivity index (χ1v) is 8.52. The summed E-state index contributed by atoms with van der Waals surface area (Å²) in [6.45, 7) is 5.88. The number of carbonyl (C=O) groups excluding carboxylic acids is 1. The molecule has 1 amide bonds. The van der Waals surface area contributed by atoms with Gasteiger partial charge in [-0.3, -0.25) is 4.79 Å². The molecule has 2 aromatic heterocycles. The van der Waals surface area contributed by atoms with E-state index in [4.69, 9.17) is 0 Å². The molecule has 1 saturated heterocycles. The fraction of sp³-hybridized carbons (Fsp3) is 0.588. The number of hydrogen-bond donors (Lipinski definition) is 2. The van der Waals surface area contributed by atoms with Crippen LogP contribution in [0.25, 0.3) is 11.0 Å². The summed E-state index contributed by atoms with van der Waals surface area (Å²) in [7, 11) is 0. The minimum Gasteiger partial charge on any atom is -0.355 e. The number of hydrogen-bond acceptors (Lipinski definition) is 4.